The molecule has 144 valence electrons. The first-order chi connectivity index (χ1) is 12.2. The Bertz CT molecular complexity index is 404. The maximum atomic E-state index is 10.8. The molecule has 2 bridgehead atoms. The van der Waals surface area contributed by atoms with Crippen LogP contribution in [0.1, 0.15) is 64.2 Å². The number of hydrogen-bond donors (Lipinski definition) is 1. The summed E-state index contributed by atoms with van der Waals surface area (Å²) in [6.45, 7) is 4.98. The molecule has 0 amide bonds. The van der Waals surface area contributed by atoms with Crippen LogP contribution in [0.15, 0.2) is 12.2 Å². The third-order valence-electron chi connectivity index (χ3n) is 5.93. The van der Waals surface area contributed by atoms with Gasteiger partial charge in [-0.1, -0.05) is 31.4 Å². The molecule has 2 fully saturated rings. The molecule has 0 aromatic heterocycles. The highest BCUT2D eigenvalue weighted by Gasteiger charge is 2.40. The first-order valence-corrected chi connectivity index (χ1v) is 12.3. The van der Waals surface area contributed by atoms with Crippen LogP contribution in [-0.2, 0) is 9.53 Å². The molecular weight excluding hydrogens is 351 g/mol. The van der Waals surface area contributed by atoms with Gasteiger partial charge in [0.25, 0.3) is 6.47 Å². The van der Waals surface area contributed by atoms with Crippen LogP contribution in [0.2, 0.25) is 0 Å². The normalized spacial score (nSPS) is 26.4. The topological polar surface area (TPSA) is 46.5 Å². The molecule has 5 atom stereocenters. The predicted octanol–water partition coefficient (Wildman–Crippen LogP) is 5.18. The highest BCUT2D eigenvalue weighted by molar-refractivity contribution is 7.99. The van der Waals surface area contributed by atoms with Crippen LogP contribution in [0.3, 0.4) is 0 Å². The Morgan fingerprint density at radius 1 is 1.28 bits per heavy atom. The van der Waals surface area contributed by atoms with E-state index in [0.29, 0.717) is 6.47 Å². The molecule has 0 aliphatic heterocycles. The molecular formula is C20H35O3PS. The molecule has 0 aromatic carbocycles. The monoisotopic (exact) mass is 386 g/mol. The minimum absolute atomic E-state index is 0.0356. The van der Waals surface area contributed by atoms with Crippen molar-refractivity contribution in [2.75, 3.05) is 17.7 Å². The Balaban J connectivity index is 1.55. The fraction of sp³-hybridized carbons (Fsp3) is 0.850. The Kier molecular flexibility index (Phi) is 10.5. The molecule has 3 nitrogen and oxygen atoms in total. The van der Waals surface area contributed by atoms with Gasteiger partial charge in [-0.2, -0.15) is 11.8 Å². The molecule has 2 saturated carbocycles. The molecule has 4 unspecified atom stereocenters. The van der Waals surface area contributed by atoms with E-state index in [1.54, 1.807) is 0 Å². The number of ether oxygens (including phenoxy) is 1. The van der Waals surface area contributed by atoms with Crippen LogP contribution in [-0.4, -0.2) is 35.1 Å². The van der Waals surface area contributed by atoms with Crippen molar-refractivity contribution in [2.24, 2.45) is 17.8 Å². The summed E-state index contributed by atoms with van der Waals surface area (Å²) in [4.78, 5) is 19.6. The van der Waals surface area contributed by atoms with Crippen LogP contribution < -0.4 is 0 Å². The summed E-state index contributed by atoms with van der Waals surface area (Å²) in [5, 5.41) is 0. The van der Waals surface area contributed by atoms with Crippen molar-refractivity contribution < 1.29 is 14.4 Å². The lowest BCUT2D eigenvalue weighted by Gasteiger charge is -2.25. The van der Waals surface area contributed by atoms with Crippen molar-refractivity contribution in [3.05, 3.63) is 12.2 Å². The zero-order valence-electron chi connectivity index (χ0n) is 15.5. The summed E-state index contributed by atoms with van der Waals surface area (Å²) in [5.41, 5.74) is 1.40. The summed E-state index contributed by atoms with van der Waals surface area (Å²) in [5.74, 6) is 4.63. The number of thioether (sulfide) groups is 1. The first kappa shape index (κ1) is 21.3. The molecule has 0 saturated heterocycles. The Labute approximate surface area is 159 Å². The largest absolute Gasteiger partial charge is 0.464 e. The van der Waals surface area contributed by atoms with Gasteiger partial charge in [-0.15, -0.1) is 0 Å². The predicted molar refractivity (Wildman–Crippen MR) is 109 cm³/mol. The van der Waals surface area contributed by atoms with Gasteiger partial charge in [-0.3, -0.25) is 4.79 Å². The summed E-state index contributed by atoms with van der Waals surface area (Å²) >= 11 is 1.90. The number of allylic oxidation sites excluding steroid dienone is 1. The van der Waals surface area contributed by atoms with Crippen molar-refractivity contribution >= 4 is 27.0 Å². The van der Waals surface area contributed by atoms with E-state index in [-0.39, 0.29) is 14.9 Å². The quantitative estimate of drug-likeness (QED) is 0.182. The zero-order valence-corrected chi connectivity index (χ0v) is 17.3. The minimum Gasteiger partial charge on any atom is -0.464 e. The summed E-state index contributed by atoms with van der Waals surface area (Å²) in [6.07, 6.45) is 13.3. The molecule has 0 heterocycles. The maximum absolute atomic E-state index is 10.8. The lowest BCUT2D eigenvalue weighted by atomic mass is 9.82. The van der Waals surface area contributed by atoms with Crippen molar-refractivity contribution in [3.63, 3.8) is 0 Å². The average molecular weight is 387 g/mol. The van der Waals surface area contributed by atoms with Gasteiger partial charge in [-0.25, -0.2) is 0 Å². The van der Waals surface area contributed by atoms with Crippen molar-refractivity contribution in [2.45, 2.75) is 70.3 Å². The Morgan fingerprint density at radius 2 is 2.12 bits per heavy atom. The second-order valence-electron chi connectivity index (χ2n) is 7.73. The van der Waals surface area contributed by atoms with E-state index < -0.39 is 0 Å². The van der Waals surface area contributed by atoms with Crippen molar-refractivity contribution in [1.29, 1.82) is 0 Å². The molecule has 2 rings (SSSR count). The van der Waals surface area contributed by atoms with Gasteiger partial charge in [0.15, 0.2) is 0 Å². The van der Waals surface area contributed by atoms with Gasteiger partial charge < -0.3 is 9.63 Å². The molecule has 5 heteroatoms. The van der Waals surface area contributed by atoms with Crippen molar-refractivity contribution in [1.82, 2.24) is 0 Å². The van der Waals surface area contributed by atoms with Gasteiger partial charge in [0, 0.05) is 14.6 Å². The van der Waals surface area contributed by atoms with Crippen LogP contribution >= 0.6 is 20.6 Å². The van der Waals surface area contributed by atoms with E-state index in [1.807, 2.05) is 11.8 Å². The third-order valence-corrected chi connectivity index (χ3v) is 7.69. The van der Waals surface area contributed by atoms with Crippen LogP contribution in [0.5, 0.6) is 0 Å². The van der Waals surface area contributed by atoms with E-state index in [9.17, 15) is 4.79 Å². The molecule has 25 heavy (non-hydrogen) atoms. The summed E-state index contributed by atoms with van der Waals surface area (Å²) in [6, 6.07) is 0. The van der Waals surface area contributed by atoms with E-state index in [1.165, 1.54) is 50.5 Å². The van der Waals surface area contributed by atoms with Crippen LogP contribution in [0, 0.1) is 17.8 Å². The minimum atomic E-state index is 0.0356. The van der Waals surface area contributed by atoms with Gasteiger partial charge >= 0.3 is 0 Å². The molecule has 1 N–H and O–H groups in total. The number of carbonyl (C=O) groups is 1. The number of hydrogen-bond acceptors (Lipinski definition) is 4. The molecule has 0 aromatic rings. The van der Waals surface area contributed by atoms with Crippen LogP contribution in [0.4, 0.5) is 0 Å². The summed E-state index contributed by atoms with van der Waals surface area (Å²) < 4.78 is 5.31. The average Bonchev–Trinajstić information content (AvgIpc) is 3.25. The van der Waals surface area contributed by atoms with E-state index in [0.717, 1.165) is 54.7 Å². The highest BCUT2D eigenvalue weighted by atomic mass is 32.2. The van der Waals surface area contributed by atoms with Crippen LogP contribution in [0.25, 0.3) is 0 Å². The number of fused-ring (bicyclic) bond motifs is 2. The fourth-order valence-corrected chi connectivity index (χ4v) is 6.01. The highest BCUT2D eigenvalue weighted by Crippen LogP contribution is 2.51. The third kappa shape index (κ3) is 7.61. The van der Waals surface area contributed by atoms with Gasteiger partial charge in [-0.05, 0) is 74.6 Å². The molecule has 0 radical (unpaired) electrons. The SMILES string of the molecule is C=C(CCC(CSCCCCCCPO)OC=O)C1C[C@@H]2CCC1C2. The van der Waals surface area contributed by atoms with Gasteiger partial charge in [0.2, 0.25) is 0 Å². The first-order valence-electron chi connectivity index (χ1n) is 9.96. The maximum Gasteiger partial charge on any atom is 0.293 e. The second kappa shape index (κ2) is 12.4. The zero-order chi connectivity index (χ0) is 17.9. The molecule has 2 aliphatic carbocycles. The van der Waals surface area contributed by atoms with E-state index in [2.05, 4.69) is 6.58 Å². The van der Waals surface area contributed by atoms with E-state index >= 15 is 0 Å². The van der Waals surface area contributed by atoms with Gasteiger partial charge in [0.1, 0.15) is 6.10 Å². The Hall–Kier alpha value is -0.0500. The summed E-state index contributed by atoms with van der Waals surface area (Å²) in [7, 11) is 0.104. The smallest absolute Gasteiger partial charge is 0.293 e. The Morgan fingerprint density at radius 3 is 2.80 bits per heavy atom. The second-order valence-corrected chi connectivity index (χ2v) is 9.70. The standard InChI is InChI=1S/C20H35O3PS/c1-16(20-13-17-7-8-18(20)12-17)6-9-19(23-15-21)14-25-11-5-3-2-4-10-24-22/h15,17-20,22,24H,1-14H2/t17-,18?,19?,20?/m1/s1. The van der Waals surface area contributed by atoms with E-state index in [4.69, 9.17) is 9.63 Å². The lowest BCUT2D eigenvalue weighted by Crippen LogP contribution is -2.18. The lowest BCUT2D eigenvalue weighted by molar-refractivity contribution is -0.132. The molecule has 0 spiro atoms. The number of unbranched alkanes of at least 4 members (excludes halogenated alkanes) is 3. The van der Waals surface area contributed by atoms with Crippen molar-refractivity contribution in [3.8, 4) is 0 Å². The number of carbonyl (C=O) groups excluding carboxylic acids is 1. The van der Waals surface area contributed by atoms with Gasteiger partial charge in [0.05, 0.1) is 0 Å². The molecule has 2 aliphatic rings. The number of rotatable bonds is 15. The fourth-order valence-electron chi connectivity index (χ4n) is 4.52.